The van der Waals surface area contributed by atoms with E-state index in [2.05, 4.69) is 5.10 Å². The van der Waals surface area contributed by atoms with Crippen LogP contribution < -0.4 is 0 Å². The van der Waals surface area contributed by atoms with E-state index in [1.165, 1.54) is 5.69 Å². The topological polar surface area (TPSA) is 17.8 Å². The molecule has 2 rings (SSSR count). The van der Waals surface area contributed by atoms with E-state index in [4.69, 9.17) is 23.2 Å². The summed E-state index contributed by atoms with van der Waals surface area (Å²) in [6.45, 7) is 2.02. The first-order chi connectivity index (χ1) is 7.09. The average Bonchev–Trinajstić information content (AvgIpc) is 2.51. The van der Waals surface area contributed by atoms with Gasteiger partial charge >= 0.3 is 0 Å². The van der Waals surface area contributed by atoms with Crippen LogP contribution >= 0.6 is 23.2 Å². The van der Waals surface area contributed by atoms with Gasteiger partial charge in [-0.05, 0) is 31.2 Å². The molecule has 4 heteroatoms. The quantitative estimate of drug-likeness (QED) is 0.689. The molecule has 0 atom stereocenters. The Bertz CT molecular complexity index is 390. The van der Waals surface area contributed by atoms with Crippen molar-refractivity contribution in [2.75, 3.05) is 0 Å². The maximum Gasteiger partial charge on any atom is 0.0492 e. The fourth-order valence-corrected chi connectivity index (χ4v) is 1.34. The van der Waals surface area contributed by atoms with Gasteiger partial charge in [-0.3, -0.25) is 4.68 Å². The van der Waals surface area contributed by atoms with Gasteiger partial charge in [0.05, 0.1) is 0 Å². The summed E-state index contributed by atoms with van der Waals surface area (Å²) in [7, 11) is 1.93. The monoisotopic (exact) mass is 242 g/mol. The molecule has 1 heterocycles. The van der Waals surface area contributed by atoms with Crippen LogP contribution in [0.25, 0.3) is 0 Å². The Kier molecular flexibility index (Phi) is 4.66. The smallest absolute Gasteiger partial charge is 0.0492 e. The lowest BCUT2D eigenvalue weighted by Gasteiger charge is -1.87. The number of hydrogen-bond donors (Lipinski definition) is 0. The minimum Gasteiger partial charge on any atom is -0.273 e. The summed E-state index contributed by atoms with van der Waals surface area (Å²) < 4.78 is 1.83. The van der Waals surface area contributed by atoms with E-state index < -0.39 is 0 Å². The van der Waals surface area contributed by atoms with Gasteiger partial charge in [0.25, 0.3) is 0 Å². The zero-order valence-corrected chi connectivity index (χ0v) is 10.1. The zero-order valence-electron chi connectivity index (χ0n) is 8.61. The Hall–Kier alpha value is -0.990. The number of halogens is 2. The highest BCUT2D eigenvalue weighted by Gasteiger charge is 1.85. The molecule has 0 aliphatic heterocycles. The first kappa shape index (κ1) is 12.1. The molecule has 0 fully saturated rings. The maximum atomic E-state index is 5.56. The van der Waals surface area contributed by atoms with Crippen LogP contribution in [0.4, 0.5) is 0 Å². The van der Waals surface area contributed by atoms with Crippen molar-refractivity contribution in [2.24, 2.45) is 7.05 Å². The highest BCUT2D eigenvalue weighted by atomic mass is 35.5. The van der Waals surface area contributed by atoms with E-state index in [0.717, 1.165) is 0 Å². The van der Waals surface area contributed by atoms with Crippen LogP contribution in [0.15, 0.2) is 36.5 Å². The molecule has 2 aromatic rings. The molecule has 0 amide bonds. The van der Waals surface area contributed by atoms with Gasteiger partial charge in [0.2, 0.25) is 0 Å². The number of rotatable bonds is 0. The van der Waals surface area contributed by atoms with E-state index in [1.807, 2.05) is 30.8 Å². The predicted molar refractivity (Wildman–Crippen MR) is 64.4 cm³/mol. The molecule has 0 aliphatic carbocycles. The summed E-state index contributed by atoms with van der Waals surface area (Å²) in [6, 6.07) is 9.05. The summed E-state index contributed by atoms with van der Waals surface area (Å²) in [5.41, 5.74) is 1.19. The molecule has 15 heavy (non-hydrogen) atoms. The molecule has 2 nitrogen and oxygen atoms in total. The minimum absolute atomic E-state index is 0.678. The molecule has 0 aliphatic rings. The summed E-state index contributed by atoms with van der Waals surface area (Å²) in [6.07, 6.45) is 1.79. The number of benzene rings is 1. The van der Waals surface area contributed by atoms with Crippen molar-refractivity contribution in [2.45, 2.75) is 6.92 Å². The van der Waals surface area contributed by atoms with E-state index in [-0.39, 0.29) is 0 Å². The minimum atomic E-state index is 0.678. The Labute approximate surface area is 99.4 Å². The van der Waals surface area contributed by atoms with Crippen molar-refractivity contribution in [3.8, 4) is 0 Å². The molecule has 0 radical (unpaired) electrons. The second kappa shape index (κ2) is 5.79. The van der Waals surface area contributed by atoms with Crippen molar-refractivity contribution in [3.63, 3.8) is 0 Å². The van der Waals surface area contributed by atoms with Crippen molar-refractivity contribution in [1.29, 1.82) is 0 Å². The molecule has 1 aromatic heterocycles. The van der Waals surface area contributed by atoms with Crippen molar-refractivity contribution < 1.29 is 0 Å². The van der Waals surface area contributed by atoms with Crippen LogP contribution in [0.3, 0.4) is 0 Å². The van der Waals surface area contributed by atoms with E-state index in [0.29, 0.717) is 10.0 Å². The molecular formula is C11H12Cl2N2. The van der Waals surface area contributed by atoms with Crippen molar-refractivity contribution in [1.82, 2.24) is 9.78 Å². The van der Waals surface area contributed by atoms with Gasteiger partial charge < -0.3 is 0 Å². The third kappa shape index (κ3) is 4.36. The van der Waals surface area contributed by atoms with Crippen LogP contribution in [-0.2, 0) is 7.05 Å². The molecule has 1 aromatic carbocycles. The molecule has 0 bridgehead atoms. The molecular weight excluding hydrogens is 231 g/mol. The molecule has 0 N–H and O–H groups in total. The van der Waals surface area contributed by atoms with E-state index in [1.54, 1.807) is 24.4 Å². The van der Waals surface area contributed by atoms with Gasteiger partial charge in [-0.1, -0.05) is 29.3 Å². The third-order valence-electron chi connectivity index (χ3n) is 1.85. The average molecular weight is 243 g/mol. The number of nitrogens with zero attached hydrogens (tertiary/aromatic N) is 2. The van der Waals surface area contributed by atoms with Crippen LogP contribution in [0, 0.1) is 6.92 Å². The largest absolute Gasteiger partial charge is 0.273 e. The molecule has 0 unspecified atom stereocenters. The first-order valence-corrected chi connectivity index (χ1v) is 5.21. The Morgan fingerprint density at radius 1 is 1.13 bits per heavy atom. The van der Waals surface area contributed by atoms with Crippen LogP contribution in [0.2, 0.25) is 10.0 Å². The van der Waals surface area contributed by atoms with Crippen LogP contribution in [-0.4, -0.2) is 9.78 Å². The molecule has 0 spiro atoms. The van der Waals surface area contributed by atoms with E-state index in [9.17, 15) is 0 Å². The van der Waals surface area contributed by atoms with Crippen LogP contribution in [0.1, 0.15) is 5.69 Å². The SMILES string of the molecule is Cc1ccnn1C.Clc1cccc(Cl)c1. The lowest BCUT2D eigenvalue weighted by molar-refractivity contribution is 0.740. The fourth-order valence-electron chi connectivity index (χ4n) is 0.900. The summed E-state index contributed by atoms with van der Waals surface area (Å²) in [5.74, 6) is 0. The van der Waals surface area contributed by atoms with E-state index >= 15 is 0 Å². The number of hydrogen-bond acceptors (Lipinski definition) is 1. The summed E-state index contributed by atoms with van der Waals surface area (Å²) in [5, 5.41) is 5.29. The van der Waals surface area contributed by atoms with Gasteiger partial charge in [-0.25, -0.2) is 0 Å². The first-order valence-electron chi connectivity index (χ1n) is 4.45. The second-order valence-corrected chi connectivity index (χ2v) is 3.91. The zero-order chi connectivity index (χ0) is 11.3. The lowest BCUT2D eigenvalue weighted by atomic mass is 10.4. The summed E-state index contributed by atoms with van der Waals surface area (Å²) >= 11 is 11.1. The van der Waals surface area contributed by atoms with Gasteiger partial charge in [0.1, 0.15) is 0 Å². The van der Waals surface area contributed by atoms with Gasteiger partial charge in [0.15, 0.2) is 0 Å². The molecule has 80 valence electrons. The highest BCUT2D eigenvalue weighted by molar-refractivity contribution is 6.34. The molecule has 0 saturated heterocycles. The third-order valence-corrected chi connectivity index (χ3v) is 2.32. The Balaban J connectivity index is 0.000000151. The Morgan fingerprint density at radius 3 is 1.93 bits per heavy atom. The molecule has 0 saturated carbocycles. The number of aryl methyl sites for hydroxylation is 2. The fraction of sp³-hybridized carbons (Fsp3) is 0.182. The Morgan fingerprint density at radius 2 is 1.73 bits per heavy atom. The van der Waals surface area contributed by atoms with Gasteiger partial charge in [-0.2, -0.15) is 5.10 Å². The lowest BCUT2D eigenvalue weighted by Crippen LogP contribution is -1.90. The number of aromatic nitrogens is 2. The van der Waals surface area contributed by atoms with Crippen molar-refractivity contribution in [3.05, 3.63) is 52.3 Å². The predicted octanol–water partition coefficient (Wildman–Crippen LogP) is 3.72. The van der Waals surface area contributed by atoms with Gasteiger partial charge in [0, 0.05) is 29.0 Å². The van der Waals surface area contributed by atoms with Gasteiger partial charge in [-0.15, -0.1) is 0 Å². The standard InChI is InChI=1S/C6H4Cl2.C5H8N2/c7-5-2-1-3-6(8)4-5;1-5-3-4-6-7(5)2/h1-4H;3-4H,1-2H3. The highest BCUT2D eigenvalue weighted by Crippen LogP contribution is 2.13. The summed E-state index contributed by atoms with van der Waals surface area (Å²) in [4.78, 5) is 0. The second-order valence-electron chi connectivity index (χ2n) is 3.04. The van der Waals surface area contributed by atoms with Crippen LogP contribution in [0.5, 0.6) is 0 Å². The maximum absolute atomic E-state index is 5.56. The van der Waals surface area contributed by atoms with Crippen molar-refractivity contribution >= 4 is 23.2 Å². The normalized spacial score (nSPS) is 9.33.